The number of hydrogen-bond donors (Lipinski definition) is 1. The van der Waals surface area contributed by atoms with E-state index in [1.54, 1.807) is 14.0 Å². The van der Waals surface area contributed by atoms with Crippen molar-refractivity contribution in [3.05, 3.63) is 23.8 Å². The molecular weight excluding hydrogens is 250 g/mol. The highest BCUT2D eigenvalue weighted by Crippen LogP contribution is 2.21. The summed E-state index contributed by atoms with van der Waals surface area (Å²) in [5.74, 6) is 1.13. The van der Waals surface area contributed by atoms with Crippen LogP contribution in [0.4, 0.5) is 5.69 Å². The second-order valence-corrected chi connectivity index (χ2v) is 6.82. The van der Waals surface area contributed by atoms with Crippen molar-refractivity contribution in [2.45, 2.75) is 26.8 Å². The largest absolute Gasteiger partial charge is 0.497 e. The molecule has 1 rings (SSSR count). The van der Waals surface area contributed by atoms with Crippen molar-refractivity contribution in [1.82, 2.24) is 0 Å². The zero-order chi connectivity index (χ0) is 13.8. The van der Waals surface area contributed by atoms with Gasteiger partial charge in [-0.25, -0.2) is 8.42 Å². The lowest BCUT2D eigenvalue weighted by molar-refractivity contribution is 0.414. The summed E-state index contributed by atoms with van der Waals surface area (Å²) in [6.45, 7) is 5.50. The van der Waals surface area contributed by atoms with E-state index in [9.17, 15) is 8.42 Å². The van der Waals surface area contributed by atoms with Crippen LogP contribution >= 0.6 is 0 Å². The van der Waals surface area contributed by atoms with Gasteiger partial charge in [-0.2, -0.15) is 0 Å². The summed E-state index contributed by atoms with van der Waals surface area (Å²) in [6.07, 6.45) is 0. The molecule has 0 spiro atoms. The molecule has 0 saturated heterocycles. The summed E-state index contributed by atoms with van der Waals surface area (Å²) in [6, 6.07) is 5.57. The third kappa shape index (κ3) is 4.22. The van der Waals surface area contributed by atoms with Crippen LogP contribution in [0.2, 0.25) is 0 Å². The number of methoxy groups -OCH3 is 1. The number of anilines is 1. The van der Waals surface area contributed by atoms with Crippen LogP contribution in [0.15, 0.2) is 18.2 Å². The molecule has 0 radical (unpaired) electrons. The third-order valence-electron chi connectivity index (χ3n) is 2.78. The van der Waals surface area contributed by atoms with E-state index in [2.05, 4.69) is 5.32 Å². The van der Waals surface area contributed by atoms with E-state index in [0.29, 0.717) is 0 Å². The molecule has 1 unspecified atom stereocenters. The molecule has 0 aromatic heterocycles. The SMILES string of the molecule is CCS(=O)(=O)CC(C)Nc1ccc(OC)cc1C. The van der Waals surface area contributed by atoms with Crippen LogP contribution in [0, 0.1) is 6.92 Å². The summed E-state index contributed by atoms with van der Waals surface area (Å²) >= 11 is 0. The van der Waals surface area contributed by atoms with E-state index in [0.717, 1.165) is 17.0 Å². The number of benzene rings is 1. The van der Waals surface area contributed by atoms with Crippen LogP contribution < -0.4 is 10.1 Å². The van der Waals surface area contributed by atoms with Crippen molar-refractivity contribution < 1.29 is 13.2 Å². The topological polar surface area (TPSA) is 55.4 Å². The minimum atomic E-state index is -2.95. The van der Waals surface area contributed by atoms with E-state index < -0.39 is 9.84 Å². The van der Waals surface area contributed by atoms with E-state index in [4.69, 9.17) is 4.74 Å². The molecule has 0 aliphatic rings. The summed E-state index contributed by atoms with van der Waals surface area (Å²) in [5.41, 5.74) is 1.98. The van der Waals surface area contributed by atoms with Crippen molar-refractivity contribution in [1.29, 1.82) is 0 Å². The van der Waals surface area contributed by atoms with Crippen molar-refractivity contribution >= 4 is 15.5 Å². The molecule has 0 bridgehead atoms. The molecule has 18 heavy (non-hydrogen) atoms. The fourth-order valence-electron chi connectivity index (χ4n) is 1.73. The molecule has 1 N–H and O–H groups in total. The maximum atomic E-state index is 11.5. The van der Waals surface area contributed by atoms with Gasteiger partial charge in [0.25, 0.3) is 0 Å². The summed E-state index contributed by atoms with van der Waals surface area (Å²) in [4.78, 5) is 0. The molecular formula is C13H21NO3S. The Kier molecular flexibility index (Phi) is 5.02. The molecule has 0 heterocycles. The Labute approximate surface area is 109 Å². The zero-order valence-corrected chi connectivity index (χ0v) is 12.2. The first-order valence-corrected chi connectivity index (χ1v) is 7.81. The van der Waals surface area contributed by atoms with Gasteiger partial charge in [-0.15, -0.1) is 0 Å². The second kappa shape index (κ2) is 6.09. The number of aryl methyl sites for hydroxylation is 1. The molecule has 4 nitrogen and oxygen atoms in total. The quantitative estimate of drug-likeness (QED) is 0.862. The predicted octanol–water partition coefficient (Wildman–Crippen LogP) is 2.24. The van der Waals surface area contributed by atoms with E-state index in [1.807, 2.05) is 32.0 Å². The minimum absolute atomic E-state index is 0.109. The van der Waals surface area contributed by atoms with Gasteiger partial charge in [-0.1, -0.05) is 6.92 Å². The molecule has 0 amide bonds. The maximum Gasteiger partial charge on any atom is 0.152 e. The van der Waals surface area contributed by atoms with Gasteiger partial charge in [0.15, 0.2) is 9.84 Å². The van der Waals surface area contributed by atoms with Gasteiger partial charge < -0.3 is 10.1 Å². The van der Waals surface area contributed by atoms with Crippen LogP contribution in [0.5, 0.6) is 5.75 Å². The minimum Gasteiger partial charge on any atom is -0.497 e. The van der Waals surface area contributed by atoms with Gasteiger partial charge in [0.2, 0.25) is 0 Å². The number of ether oxygens (including phenoxy) is 1. The van der Waals surface area contributed by atoms with E-state index in [-0.39, 0.29) is 17.5 Å². The van der Waals surface area contributed by atoms with Crippen LogP contribution in [0.25, 0.3) is 0 Å². The van der Waals surface area contributed by atoms with E-state index in [1.165, 1.54) is 0 Å². The number of sulfone groups is 1. The molecule has 0 aliphatic heterocycles. The first-order valence-electron chi connectivity index (χ1n) is 5.99. The van der Waals surface area contributed by atoms with Crippen LogP contribution in [-0.4, -0.2) is 33.1 Å². The number of rotatable bonds is 6. The average molecular weight is 271 g/mol. The summed E-state index contributed by atoms with van der Waals surface area (Å²) in [5, 5.41) is 3.22. The zero-order valence-electron chi connectivity index (χ0n) is 11.4. The van der Waals surface area contributed by atoms with Crippen LogP contribution in [0.3, 0.4) is 0 Å². The van der Waals surface area contributed by atoms with Crippen LogP contribution in [0.1, 0.15) is 19.4 Å². The highest BCUT2D eigenvalue weighted by Gasteiger charge is 2.14. The Hall–Kier alpha value is -1.23. The monoisotopic (exact) mass is 271 g/mol. The highest BCUT2D eigenvalue weighted by atomic mass is 32.2. The molecule has 5 heteroatoms. The van der Waals surface area contributed by atoms with Crippen molar-refractivity contribution in [3.63, 3.8) is 0 Å². The summed E-state index contributed by atoms with van der Waals surface area (Å²) < 4.78 is 28.2. The number of nitrogens with one attached hydrogen (secondary N) is 1. The Balaban J connectivity index is 2.73. The number of hydrogen-bond acceptors (Lipinski definition) is 4. The molecule has 0 fully saturated rings. The van der Waals surface area contributed by atoms with Gasteiger partial charge in [-0.05, 0) is 37.6 Å². The first-order chi connectivity index (χ1) is 8.38. The molecule has 102 valence electrons. The fourth-order valence-corrected chi connectivity index (χ4v) is 2.81. The van der Waals surface area contributed by atoms with Crippen molar-refractivity contribution in [2.24, 2.45) is 0 Å². The van der Waals surface area contributed by atoms with Gasteiger partial charge in [-0.3, -0.25) is 0 Å². The first kappa shape index (κ1) is 14.8. The van der Waals surface area contributed by atoms with Gasteiger partial charge in [0.1, 0.15) is 5.75 Å². The second-order valence-electron chi connectivity index (χ2n) is 4.43. The van der Waals surface area contributed by atoms with Gasteiger partial charge in [0, 0.05) is 17.5 Å². The smallest absolute Gasteiger partial charge is 0.152 e. The van der Waals surface area contributed by atoms with Gasteiger partial charge in [0.05, 0.1) is 12.9 Å². The molecule has 1 atom stereocenters. The van der Waals surface area contributed by atoms with Gasteiger partial charge >= 0.3 is 0 Å². The lowest BCUT2D eigenvalue weighted by atomic mass is 10.2. The summed E-state index contributed by atoms with van der Waals surface area (Å²) in [7, 11) is -1.33. The van der Waals surface area contributed by atoms with Crippen molar-refractivity contribution in [3.8, 4) is 5.75 Å². The lowest BCUT2D eigenvalue weighted by Crippen LogP contribution is -2.27. The lowest BCUT2D eigenvalue weighted by Gasteiger charge is -2.17. The predicted molar refractivity (Wildman–Crippen MR) is 75.1 cm³/mol. The van der Waals surface area contributed by atoms with E-state index >= 15 is 0 Å². The maximum absolute atomic E-state index is 11.5. The third-order valence-corrected chi connectivity index (χ3v) is 4.67. The Morgan fingerprint density at radius 1 is 1.39 bits per heavy atom. The normalized spacial score (nSPS) is 13.1. The highest BCUT2D eigenvalue weighted by molar-refractivity contribution is 7.91. The molecule has 1 aromatic rings. The Morgan fingerprint density at radius 2 is 2.06 bits per heavy atom. The Bertz CT molecular complexity index is 497. The fraction of sp³-hybridized carbons (Fsp3) is 0.538. The van der Waals surface area contributed by atoms with Crippen LogP contribution in [-0.2, 0) is 9.84 Å². The van der Waals surface area contributed by atoms with Crippen molar-refractivity contribution in [2.75, 3.05) is 23.9 Å². The average Bonchev–Trinajstić information content (AvgIpc) is 2.31. The molecule has 1 aromatic carbocycles. The molecule has 0 saturated carbocycles. The Morgan fingerprint density at radius 3 is 2.56 bits per heavy atom. The standard InChI is InChI=1S/C13H21NO3S/c1-5-18(15,16)9-11(3)14-13-7-6-12(17-4)8-10(13)2/h6-8,11,14H,5,9H2,1-4H3. The molecule has 0 aliphatic carbocycles.